The predicted octanol–water partition coefficient (Wildman–Crippen LogP) is 4.91. The molecular weight excluding hydrogens is 547 g/mol. The fourth-order valence-corrected chi connectivity index (χ4v) is 5.19. The van der Waals surface area contributed by atoms with Crippen molar-refractivity contribution in [3.63, 3.8) is 0 Å². The average molecular weight is 575 g/mol. The lowest BCUT2D eigenvalue weighted by Crippen LogP contribution is -2.41. The number of hydrogen-bond acceptors (Lipinski definition) is 8. The van der Waals surface area contributed by atoms with Crippen molar-refractivity contribution in [1.82, 2.24) is 29.8 Å². The van der Waals surface area contributed by atoms with E-state index in [0.717, 1.165) is 6.07 Å². The van der Waals surface area contributed by atoms with E-state index in [1.54, 1.807) is 30.3 Å². The Balaban J connectivity index is 1.31. The van der Waals surface area contributed by atoms with Crippen LogP contribution >= 0.6 is 0 Å². The Bertz CT molecular complexity index is 1510. The zero-order valence-electron chi connectivity index (χ0n) is 21.8. The van der Waals surface area contributed by atoms with Crippen LogP contribution in [0.25, 0.3) is 17.0 Å². The van der Waals surface area contributed by atoms with Crippen molar-refractivity contribution in [3.05, 3.63) is 65.7 Å². The highest BCUT2D eigenvalue weighted by atomic mass is 19.4. The van der Waals surface area contributed by atoms with E-state index in [2.05, 4.69) is 30.6 Å². The van der Waals surface area contributed by atoms with Crippen LogP contribution < -0.4 is 15.5 Å². The molecule has 2 aromatic heterocycles. The molecule has 2 aliphatic rings. The minimum atomic E-state index is -4.47. The third kappa shape index (κ3) is 5.66. The molecule has 14 heteroatoms. The minimum Gasteiger partial charge on any atom is -0.382 e. The Morgan fingerprint density at radius 2 is 1.66 bits per heavy atom. The number of benzene rings is 2. The van der Waals surface area contributed by atoms with Crippen LogP contribution in [0.4, 0.5) is 33.6 Å². The van der Waals surface area contributed by atoms with Crippen LogP contribution in [0.1, 0.15) is 42.6 Å². The van der Waals surface area contributed by atoms with Crippen LogP contribution in [0.3, 0.4) is 0 Å². The van der Waals surface area contributed by atoms with Gasteiger partial charge in [-0.2, -0.15) is 28.1 Å². The molecule has 0 bridgehead atoms. The molecule has 0 saturated carbocycles. The molecule has 216 valence electrons. The number of imidazole rings is 1. The molecule has 6 rings (SSSR count). The highest BCUT2D eigenvalue weighted by Gasteiger charge is 2.34. The third-order valence-electron chi connectivity index (χ3n) is 7.20. The first-order chi connectivity index (χ1) is 19.8. The molecule has 0 spiro atoms. The fourth-order valence-electron chi connectivity index (χ4n) is 5.19. The molecule has 2 fully saturated rings. The largest absolute Gasteiger partial charge is 0.418 e. The second-order valence-corrected chi connectivity index (χ2v) is 9.90. The first kappa shape index (κ1) is 27.3. The van der Waals surface area contributed by atoms with Gasteiger partial charge in [0.15, 0.2) is 11.6 Å². The van der Waals surface area contributed by atoms with Gasteiger partial charge in [-0.05, 0) is 37.1 Å². The summed E-state index contributed by atoms with van der Waals surface area (Å²) in [4.78, 5) is 19.8. The number of para-hydroxylation sites is 3. The van der Waals surface area contributed by atoms with Crippen molar-refractivity contribution in [2.24, 2.45) is 0 Å². The van der Waals surface area contributed by atoms with Gasteiger partial charge >= 0.3 is 6.18 Å². The standard InChI is InChI=1S/C27H27F5N8O/c28-22(29)24-35-19-7-3-4-8-20(19)40(24)26-37-23(21-15-33-11-14-41-21)36-25(38-26)39-12-9-16(10-13-39)34-18-6-2-1-5-17(18)27(30,31)32/h1-8,16,21-22,33-34H,9-15H2. The van der Waals surface area contributed by atoms with Crippen LogP contribution in [-0.4, -0.2) is 63.3 Å². The molecule has 4 aromatic rings. The van der Waals surface area contributed by atoms with Crippen LogP contribution in [-0.2, 0) is 10.9 Å². The maximum Gasteiger partial charge on any atom is 0.418 e. The minimum absolute atomic E-state index is 0.00234. The Labute approximate surface area is 231 Å². The zero-order valence-corrected chi connectivity index (χ0v) is 21.8. The predicted molar refractivity (Wildman–Crippen MR) is 141 cm³/mol. The number of ether oxygens (including phenoxy) is 1. The number of fused-ring (bicyclic) bond motifs is 1. The Morgan fingerprint density at radius 3 is 2.39 bits per heavy atom. The molecule has 41 heavy (non-hydrogen) atoms. The van der Waals surface area contributed by atoms with Crippen molar-refractivity contribution in [2.45, 2.75) is 37.6 Å². The second kappa shape index (κ2) is 11.2. The smallest absolute Gasteiger partial charge is 0.382 e. The molecule has 0 amide bonds. The van der Waals surface area contributed by atoms with Gasteiger partial charge in [0.1, 0.15) is 6.10 Å². The maximum atomic E-state index is 14.1. The number of hydrogen-bond donors (Lipinski definition) is 2. The molecule has 1 unspecified atom stereocenters. The lowest BCUT2D eigenvalue weighted by atomic mass is 10.0. The lowest BCUT2D eigenvalue weighted by molar-refractivity contribution is -0.137. The molecule has 2 aromatic carbocycles. The van der Waals surface area contributed by atoms with Crippen LogP contribution in [0.2, 0.25) is 0 Å². The van der Waals surface area contributed by atoms with E-state index < -0.39 is 30.1 Å². The first-order valence-electron chi connectivity index (χ1n) is 13.3. The van der Waals surface area contributed by atoms with E-state index in [9.17, 15) is 22.0 Å². The fraction of sp³-hybridized carbons (Fsp3) is 0.407. The highest BCUT2D eigenvalue weighted by molar-refractivity contribution is 5.77. The summed E-state index contributed by atoms with van der Waals surface area (Å²) in [5.41, 5.74) is 0.141. The van der Waals surface area contributed by atoms with Crippen molar-refractivity contribution in [1.29, 1.82) is 0 Å². The summed E-state index contributed by atoms with van der Waals surface area (Å²) in [6.07, 6.45) is -6.82. The molecular formula is C27H27F5N8O. The van der Waals surface area contributed by atoms with Gasteiger partial charge in [-0.3, -0.25) is 4.57 Å². The molecule has 4 heterocycles. The summed E-state index contributed by atoms with van der Waals surface area (Å²) in [5, 5.41) is 6.26. The summed E-state index contributed by atoms with van der Waals surface area (Å²) >= 11 is 0. The summed E-state index contributed by atoms with van der Waals surface area (Å²) in [6.45, 7) is 2.42. The molecule has 2 saturated heterocycles. The molecule has 9 nitrogen and oxygen atoms in total. The molecule has 0 aliphatic carbocycles. The van der Waals surface area contributed by atoms with E-state index in [4.69, 9.17) is 4.74 Å². The van der Waals surface area contributed by atoms with Crippen LogP contribution in [0.15, 0.2) is 48.5 Å². The average Bonchev–Trinajstić information content (AvgIpc) is 3.38. The van der Waals surface area contributed by atoms with E-state index in [0.29, 0.717) is 62.5 Å². The van der Waals surface area contributed by atoms with Gasteiger partial charge in [-0.15, -0.1) is 0 Å². The van der Waals surface area contributed by atoms with E-state index in [1.807, 2.05) is 4.90 Å². The van der Waals surface area contributed by atoms with Gasteiger partial charge in [0.25, 0.3) is 6.43 Å². The quantitative estimate of drug-likeness (QED) is 0.314. The number of halogens is 5. The molecule has 0 radical (unpaired) electrons. The van der Waals surface area contributed by atoms with Crippen molar-refractivity contribution < 1.29 is 26.7 Å². The number of anilines is 2. The number of aromatic nitrogens is 5. The Hall–Kier alpha value is -3.91. The topological polar surface area (TPSA) is 93.0 Å². The number of nitrogens with one attached hydrogen (secondary N) is 2. The second-order valence-electron chi connectivity index (χ2n) is 9.90. The number of rotatable bonds is 6. The third-order valence-corrected chi connectivity index (χ3v) is 7.20. The lowest BCUT2D eigenvalue weighted by Gasteiger charge is -2.34. The number of alkyl halides is 5. The Morgan fingerprint density at radius 1 is 0.927 bits per heavy atom. The molecule has 1 atom stereocenters. The van der Waals surface area contributed by atoms with Gasteiger partial charge in [0, 0.05) is 37.9 Å². The van der Waals surface area contributed by atoms with Crippen LogP contribution in [0, 0.1) is 0 Å². The van der Waals surface area contributed by atoms with E-state index in [1.165, 1.54) is 16.7 Å². The number of nitrogens with zero attached hydrogens (tertiary/aromatic N) is 6. The maximum absolute atomic E-state index is 14.1. The van der Waals surface area contributed by atoms with Gasteiger partial charge in [-0.1, -0.05) is 24.3 Å². The monoisotopic (exact) mass is 574 g/mol. The SMILES string of the molecule is FC(F)c1nc2ccccc2n1-c1nc(C2CNCCO2)nc(N2CCC(Nc3ccccc3C(F)(F)F)CC2)n1. The normalized spacial score (nSPS) is 18.8. The highest BCUT2D eigenvalue weighted by Crippen LogP contribution is 2.36. The first-order valence-corrected chi connectivity index (χ1v) is 13.3. The van der Waals surface area contributed by atoms with Gasteiger partial charge in [0.2, 0.25) is 11.9 Å². The zero-order chi connectivity index (χ0) is 28.6. The molecule has 2 N–H and O–H groups in total. The van der Waals surface area contributed by atoms with Gasteiger partial charge in [-0.25, -0.2) is 13.8 Å². The summed E-state index contributed by atoms with van der Waals surface area (Å²) in [5.74, 6) is 0.103. The van der Waals surface area contributed by atoms with E-state index in [-0.39, 0.29) is 23.6 Å². The van der Waals surface area contributed by atoms with Crippen LogP contribution in [0.5, 0.6) is 0 Å². The van der Waals surface area contributed by atoms with Crippen molar-refractivity contribution in [3.8, 4) is 5.95 Å². The number of piperidine rings is 1. The number of morpholine rings is 1. The van der Waals surface area contributed by atoms with Gasteiger partial charge in [0.05, 0.1) is 23.2 Å². The van der Waals surface area contributed by atoms with Gasteiger partial charge < -0.3 is 20.3 Å². The van der Waals surface area contributed by atoms with Crippen molar-refractivity contribution >= 4 is 22.7 Å². The Kier molecular flexibility index (Phi) is 7.43. The summed E-state index contributed by atoms with van der Waals surface area (Å²) in [6, 6.07) is 12.0. The van der Waals surface area contributed by atoms with Crippen molar-refractivity contribution in [2.75, 3.05) is 43.0 Å². The van der Waals surface area contributed by atoms with E-state index >= 15 is 0 Å². The molecule has 2 aliphatic heterocycles. The summed E-state index contributed by atoms with van der Waals surface area (Å²) < 4.78 is 75.7. The summed E-state index contributed by atoms with van der Waals surface area (Å²) in [7, 11) is 0.